The van der Waals surface area contributed by atoms with Crippen LogP contribution in [0, 0.1) is 32.5 Å². The Morgan fingerprint density at radius 2 is 2.10 bits per heavy atom. The van der Waals surface area contributed by atoms with Gasteiger partial charge in [-0.15, -0.1) is 0 Å². The van der Waals surface area contributed by atoms with Crippen LogP contribution in [0.1, 0.15) is 46.0 Å². The number of aryl methyl sites for hydroxylation is 3. The molecule has 0 saturated carbocycles. The van der Waals surface area contributed by atoms with E-state index in [1.54, 1.807) is 18.2 Å². The monoisotopic (exact) mass is 426 g/mol. The molecule has 31 heavy (non-hydrogen) atoms. The first-order valence-electron chi connectivity index (χ1n) is 10.5. The first-order chi connectivity index (χ1) is 14.9. The summed E-state index contributed by atoms with van der Waals surface area (Å²) >= 11 is 0. The lowest BCUT2D eigenvalue weighted by molar-refractivity contribution is 0.0773. The molecule has 1 aromatic carbocycles. The molecule has 3 heterocycles. The van der Waals surface area contributed by atoms with Gasteiger partial charge in [-0.1, -0.05) is 17.3 Å². The zero-order valence-corrected chi connectivity index (χ0v) is 18.1. The van der Waals surface area contributed by atoms with Crippen LogP contribution in [-0.2, 0) is 6.54 Å². The molecule has 2 aromatic heterocycles. The van der Waals surface area contributed by atoms with Crippen molar-refractivity contribution >= 4 is 5.91 Å². The number of hydrogen-bond acceptors (Lipinski definition) is 5. The van der Waals surface area contributed by atoms with Crippen molar-refractivity contribution in [2.75, 3.05) is 19.7 Å². The summed E-state index contributed by atoms with van der Waals surface area (Å²) in [7, 11) is 0. The highest BCUT2D eigenvalue weighted by Crippen LogP contribution is 2.25. The molecule has 1 saturated heterocycles. The number of carbonyl (C=O) groups is 1. The fraction of sp³-hybridized carbons (Fsp3) is 0.435. The van der Waals surface area contributed by atoms with Gasteiger partial charge in [-0.25, -0.2) is 4.39 Å². The van der Waals surface area contributed by atoms with Crippen molar-refractivity contribution in [3.8, 4) is 5.75 Å². The highest BCUT2D eigenvalue weighted by atomic mass is 19.1. The average Bonchev–Trinajstić information content (AvgIpc) is 3.43. The van der Waals surface area contributed by atoms with Crippen molar-refractivity contribution in [2.45, 2.75) is 40.2 Å². The third-order valence-corrected chi connectivity index (χ3v) is 5.79. The van der Waals surface area contributed by atoms with Crippen molar-refractivity contribution < 1.29 is 18.4 Å². The summed E-state index contributed by atoms with van der Waals surface area (Å²) in [6.07, 6.45) is 1.64. The topological polar surface area (TPSA) is 73.4 Å². The maximum absolute atomic E-state index is 13.7. The minimum atomic E-state index is -0.359. The molecule has 1 fully saturated rings. The molecule has 164 valence electrons. The number of carbonyl (C=O) groups excluding carboxylic acids is 1. The number of ether oxygens (including phenoxy) is 1. The number of rotatable bonds is 7. The van der Waals surface area contributed by atoms with E-state index in [-0.39, 0.29) is 17.5 Å². The summed E-state index contributed by atoms with van der Waals surface area (Å²) in [5, 5.41) is 8.54. The van der Waals surface area contributed by atoms with Crippen LogP contribution in [0.5, 0.6) is 5.75 Å². The van der Waals surface area contributed by atoms with Crippen LogP contribution in [0.25, 0.3) is 0 Å². The van der Waals surface area contributed by atoms with Gasteiger partial charge in [0, 0.05) is 24.3 Å². The molecular weight excluding hydrogens is 399 g/mol. The number of amides is 1. The lowest BCUT2D eigenvalue weighted by Gasteiger charge is -2.16. The minimum Gasteiger partial charge on any atom is -0.491 e. The number of nitrogens with zero attached hydrogens (tertiary/aromatic N) is 4. The number of hydrogen-bond donors (Lipinski definition) is 0. The molecule has 0 N–H and O–H groups in total. The standard InChI is InChI=1S/C23H27FN4O3/c1-15-12-16(2)28(25-15)14-19-17(3)31-26-22(19)23(29)27-10-8-18(13-27)9-11-30-21-7-5-4-6-20(21)24/h4-7,12,18H,8-11,13-14H2,1-3H3. The number of aromatic nitrogens is 3. The molecule has 7 nitrogen and oxygen atoms in total. The molecule has 0 radical (unpaired) electrons. The van der Waals surface area contributed by atoms with Crippen LogP contribution in [0.3, 0.4) is 0 Å². The van der Waals surface area contributed by atoms with Gasteiger partial charge >= 0.3 is 0 Å². The number of likely N-dealkylation sites (tertiary alicyclic amines) is 1. The Bertz CT molecular complexity index is 1070. The summed E-state index contributed by atoms with van der Waals surface area (Å²) in [6, 6.07) is 8.39. The van der Waals surface area contributed by atoms with Gasteiger partial charge in [-0.05, 0) is 57.7 Å². The third-order valence-electron chi connectivity index (χ3n) is 5.79. The predicted molar refractivity (Wildman–Crippen MR) is 113 cm³/mol. The molecule has 1 atom stereocenters. The highest BCUT2D eigenvalue weighted by molar-refractivity contribution is 5.94. The van der Waals surface area contributed by atoms with Crippen LogP contribution >= 0.6 is 0 Å². The molecule has 0 aliphatic carbocycles. The van der Waals surface area contributed by atoms with Crippen LogP contribution in [-0.4, -0.2) is 45.4 Å². The van der Waals surface area contributed by atoms with E-state index in [4.69, 9.17) is 9.26 Å². The van der Waals surface area contributed by atoms with Crippen molar-refractivity contribution in [1.82, 2.24) is 19.8 Å². The zero-order chi connectivity index (χ0) is 22.0. The Labute approximate surface area is 180 Å². The van der Waals surface area contributed by atoms with Crippen LogP contribution in [0.4, 0.5) is 4.39 Å². The second kappa shape index (κ2) is 8.91. The Morgan fingerprint density at radius 1 is 1.29 bits per heavy atom. The first kappa shape index (κ1) is 21.1. The second-order valence-corrected chi connectivity index (χ2v) is 8.12. The summed E-state index contributed by atoms with van der Waals surface area (Å²) in [5.41, 5.74) is 3.07. The smallest absolute Gasteiger partial charge is 0.276 e. The SMILES string of the molecule is Cc1cc(C)n(Cc2c(C(=O)N3CCC(CCOc4ccccc4F)C3)noc2C)n1. The second-order valence-electron chi connectivity index (χ2n) is 8.12. The first-order valence-corrected chi connectivity index (χ1v) is 10.5. The molecular formula is C23H27FN4O3. The molecule has 1 amide bonds. The van der Waals surface area contributed by atoms with E-state index >= 15 is 0 Å². The van der Waals surface area contributed by atoms with Crippen LogP contribution in [0.2, 0.25) is 0 Å². The third kappa shape index (κ3) is 4.62. The maximum Gasteiger partial charge on any atom is 0.276 e. The van der Waals surface area contributed by atoms with Crippen molar-refractivity contribution in [3.63, 3.8) is 0 Å². The fourth-order valence-corrected chi connectivity index (χ4v) is 4.03. The Hall–Kier alpha value is -3.16. The maximum atomic E-state index is 13.7. The summed E-state index contributed by atoms with van der Waals surface area (Å²) in [6.45, 7) is 7.90. The van der Waals surface area contributed by atoms with Crippen molar-refractivity contribution in [3.05, 3.63) is 64.6 Å². The minimum absolute atomic E-state index is 0.120. The summed E-state index contributed by atoms with van der Waals surface area (Å²) < 4.78 is 26.4. The predicted octanol–water partition coefficient (Wildman–Crippen LogP) is 3.91. The van der Waals surface area contributed by atoms with E-state index in [1.165, 1.54) is 6.07 Å². The molecule has 1 unspecified atom stereocenters. The fourth-order valence-electron chi connectivity index (χ4n) is 4.03. The highest BCUT2D eigenvalue weighted by Gasteiger charge is 2.31. The molecule has 8 heteroatoms. The number of para-hydroxylation sites is 1. The molecule has 3 aromatic rings. The normalized spacial score (nSPS) is 16.1. The van der Waals surface area contributed by atoms with E-state index in [2.05, 4.69) is 10.3 Å². The summed E-state index contributed by atoms with van der Waals surface area (Å²) in [5.74, 6) is 0.724. The van der Waals surface area contributed by atoms with E-state index in [0.29, 0.717) is 43.6 Å². The Morgan fingerprint density at radius 3 is 2.84 bits per heavy atom. The lowest BCUT2D eigenvalue weighted by atomic mass is 10.1. The van der Waals surface area contributed by atoms with E-state index in [9.17, 15) is 9.18 Å². The van der Waals surface area contributed by atoms with Crippen molar-refractivity contribution in [2.24, 2.45) is 5.92 Å². The van der Waals surface area contributed by atoms with E-state index < -0.39 is 0 Å². The van der Waals surface area contributed by atoms with Gasteiger partial charge in [0.15, 0.2) is 17.3 Å². The molecule has 1 aliphatic rings. The van der Waals surface area contributed by atoms with Gasteiger partial charge in [-0.2, -0.15) is 5.10 Å². The average molecular weight is 426 g/mol. The Balaban J connectivity index is 1.36. The molecule has 4 rings (SSSR count). The summed E-state index contributed by atoms with van der Waals surface area (Å²) in [4.78, 5) is 15.0. The van der Waals surface area contributed by atoms with Crippen LogP contribution in [0.15, 0.2) is 34.9 Å². The van der Waals surface area contributed by atoms with E-state index in [1.807, 2.05) is 36.4 Å². The molecule has 1 aliphatic heterocycles. The van der Waals surface area contributed by atoms with Gasteiger partial charge in [0.1, 0.15) is 5.76 Å². The molecule has 0 bridgehead atoms. The van der Waals surface area contributed by atoms with Gasteiger partial charge < -0.3 is 14.2 Å². The zero-order valence-electron chi connectivity index (χ0n) is 18.1. The quantitative estimate of drug-likeness (QED) is 0.573. The van der Waals surface area contributed by atoms with Crippen molar-refractivity contribution in [1.29, 1.82) is 0 Å². The van der Waals surface area contributed by atoms with Gasteiger partial charge in [0.2, 0.25) is 0 Å². The van der Waals surface area contributed by atoms with Crippen LogP contribution < -0.4 is 4.74 Å². The van der Waals surface area contributed by atoms with Gasteiger partial charge in [0.05, 0.1) is 18.8 Å². The molecule has 0 spiro atoms. The van der Waals surface area contributed by atoms with E-state index in [0.717, 1.165) is 29.8 Å². The largest absolute Gasteiger partial charge is 0.491 e. The van der Waals surface area contributed by atoms with Gasteiger partial charge in [-0.3, -0.25) is 9.48 Å². The Kier molecular flexibility index (Phi) is 6.06. The number of benzene rings is 1. The number of halogens is 1. The lowest BCUT2D eigenvalue weighted by Crippen LogP contribution is -2.30. The van der Waals surface area contributed by atoms with Gasteiger partial charge in [0.25, 0.3) is 5.91 Å².